The Hall–Kier alpha value is -3.38. The number of allylic oxidation sites excluding steroid dienone is 11. The van der Waals surface area contributed by atoms with Gasteiger partial charge >= 0.3 is 0 Å². The molecule has 38 heavy (non-hydrogen) atoms. The fourth-order valence-corrected chi connectivity index (χ4v) is 4.16. The van der Waals surface area contributed by atoms with Crippen LogP contribution >= 0.6 is 0 Å². The van der Waals surface area contributed by atoms with Crippen molar-refractivity contribution in [1.82, 2.24) is 14.7 Å². The van der Waals surface area contributed by atoms with Gasteiger partial charge in [-0.3, -0.25) is 4.99 Å². The topological polar surface area (TPSA) is 45.8 Å². The molecule has 0 N–H and O–H groups in total. The second-order valence-corrected chi connectivity index (χ2v) is 9.23. The molecule has 0 spiro atoms. The standard InChI is InChI=1S/C32H46FN5/c1-9-15-28(16-10-2)18-13-21-37(8)24-29(17-11-3)32-23-31(27(6)22-26(5)30(33)12-4)36-38(32)25-35-20-14-19-34-7/h9-10,12,14-16,19-20,22-23,25,29H,1,6,11,13,17-18,21,24H2,2-5,7-8H3/b16-10-,20-14-,26-22-,28-15+,30-12+,34-19?,35-25?. The van der Waals surface area contributed by atoms with Gasteiger partial charge in [0.25, 0.3) is 0 Å². The molecule has 6 heteroatoms. The molecule has 0 aliphatic carbocycles. The van der Waals surface area contributed by atoms with Gasteiger partial charge in [-0.15, -0.1) is 0 Å². The smallest absolute Gasteiger partial charge is 0.121 e. The number of rotatable bonds is 17. The third-order valence-corrected chi connectivity index (χ3v) is 6.00. The van der Waals surface area contributed by atoms with E-state index >= 15 is 0 Å². The summed E-state index contributed by atoms with van der Waals surface area (Å²) in [5.41, 5.74) is 4.25. The number of likely N-dealkylation sites (N-methyl/N-ethyl adjacent to an activating group) is 1. The summed E-state index contributed by atoms with van der Waals surface area (Å²) in [6.45, 7) is 17.5. The number of hydrogen-bond acceptors (Lipinski definition) is 4. The molecular weight excluding hydrogens is 473 g/mol. The van der Waals surface area contributed by atoms with Crippen molar-refractivity contribution in [2.24, 2.45) is 9.98 Å². The van der Waals surface area contributed by atoms with Crippen molar-refractivity contribution < 1.29 is 4.39 Å². The van der Waals surface area contributed by atoms with Crippen LogP contribution < -0.4 is 0 Å². The molecule has 0 fully saturated rings. The number of hydrogen-bond donors (Lipinski definition) is 0. The fraction of sp³-hybridized carbons (Fsp3) is 0.406. The minimum absolute atomic E-state index is 0.253. The number of halogens is 1. The zero-order valence-corrected chi connectivity index (χ0v) is 24.2. The molecule has 1 heterocycles. The predicted octanol–water partition coefficient (Wildman–Crippen LogP) is 8.09. The van der Waals surface area contributed by atoms with Gasteiger partial charge < -0.3 is 4.90 Å². The average molecular weight is 520 g/mol. The van der Waals surface area contributed by atoms with Crippen molar-refractivity contribution in [3.63, 3.8) is 0 Å². The molecule has 206 valence electrons. The molecule has 0 amide bonds. The van der Waals surface area contributed by atoms with Crippen LogP contribution in [0.25, 0.3) is 5.57 Å². The van der Waals surface area contributed by atoms with Crippen LogP contribution in [0, 0.1) is 0 Å². The summed E-state index contributed by atoms with van der Waals surface area (Å²) >= 11 is 0. The first kappa shape index (κ1) is 32.6. The second-order valence-electron chi connectivity index (χ2n) is 9.23. The molecule has 1 unspecified atom stereocenters. The van der Waals surface area contributed by atoms with Crippen molar-refractivity contribution in [1.29, 1.82) is 0 Å². The summed E-state index contributed by atoms with van der Waals surface area (Å²) in [5.74, 6) is -0.0103. The lowest BCUT2D eigenvalue weighted by Gasteiger charge is -2.24. The van der Waals surface area contributed by atoms with Crippen LogP contribution in [0.15, 0.2) is 94.9 Å². The van der Waals surface area contributed by atoms with Gasteiger partial charge in [0.2, 0.25) is 0 Å². The van der Waals surface area contributed by atoms with Crippen LogP contribution in [0.2, 0.25) is 0 Å². The zero-order valence-electron chi connectivity index (χ0n) is 24.2. The monoisotopic (exact) mass is 519 g/mol. The molecule has 1 aromatic rings. The molecule has 5 nitrogen and oxygen atoms in total. The van der Waals surface area contributed by atoms with Crippen LogP contribution in [0.1, 0.15) is 70.7 Å². The minimum Gasteiger partial charge on any atom is -0.306 e. The first-order valence-electron chi connectivity index (χ1n) is 13.3. The molecular formula is C32H46FN5. The van der Waals surface area contributed by atoms with E-state index in [4.69, 9.17) is 5.10 Å². The lowest BCUT2D eigenvalue weighted by Crippen LogP contribution is -2.27. The molecule has 0 radical (unpaired) electrons. The molecule has 1 aromatic heterocycles. The van der Waals surface area contributed by atoms with Gasteiger partial charge in [-0.2, -0.15) is 5.10 Å². The highest BCUT2D eigenvalue weighted by Crippen LogP contribution is 2.27. The lowest BCUT2D eigenvalue weighted by molar-refractivity contribution is 0.297. The van der Waals surface area contributed by atoms with Gasteiger partial charge in [0, 0.05) is 31.9 Å². The Bertz CT molecular complexity index is 1100. The molecule has 0 aromatic carbocycles. The molecule has 0 aliphatic heterocycles. The van der Waals surface area contributed by atoms with E-state index in [1.54, 1.807) is 51.8 Å². The Kier molecular flexibility index (Phi) is 16.2. The largest absolute Gasteiger partial charge is 0.306 e. The maximum absolute atomic E-state index is 14.0. The fourth-order valence-electron chi connectivity index (χ4n) is 4.16. The zero-order chi connectivity index (χ0) is 28.3. The van der Waals surface area contributed by atoms with Gasteiger partial charge in [-0.25, -0.2) is 14.1 Å². The summed E-state index contributed by atoms with van der Waals surface area (Å²) in [6.07, 6.45) is 22.3. The van der Waals surface area contributed by atoms with Gasteiger partial charge in [0.05, 0.1) is 11.4 Å². The van der Waals surface area contributed by atoms with Crippen molar-refractivity contribution in [3.8, 4) is 0 Å². The molecule has 1 atom stereocenters. The SMILES string of the molecule is C=C/C=C(\C=C/C)CCCN(C)CC(CCC)c1cc(C(=C)/C=C(C)\C(F)=C/C)nn1C=N/C=C\C=NC. The third-order valence-electron chi connectivity index (χ3n) is 6.00. The van der Waals surface area contributed by atoms with Crippen molar-refractivity contribution >= 4 is 18.1 Å². The van der Waals surface area contributed by atoms with E-state index in [1.165, 1.54) is 11.6 Å². The maximum Gasteiger partial charge on any atom is 0.121 e. The van der Waals surface area contributed by atoms with Crippen LogP contribution in [0.5, 0.6) is 0 Å². The summed E-state index contributed by atoms with van der Waals surface area (Å²) in [4.78, 5) is 10.7. The Balaban J connectivity index is 3.22. The average Bonchev–Trinajstić information content (AvgIpc) is 3.32. The first-order chi connectivity index (χ1) is 18.3. The first-order valence-corrected chi connectivity index (χ1v) is 13.3. The Morgan fingerprint density at radius 2 is 2.08 bits per heavy atom. The normalized spacial score (nSPS) is 14.7. The lowest BCUT2D eigenvalue weighted by atomic mass is 9.97. The molecule has 0 aliphatic rings. The molecule has 0 saturated carbocycles. The second kappa shape index (κ2) is 18.8. The van der Waals surface area contributed by atoms with E-state index in [0.29, 0.717) is 16.8 Å². The van der Waals surface area contributed by atoms with Crippen LogP contribution in [0.4, 0.5) is 4.39 Å². The van der Waals surface area contributed by atoms with Crippen molar-refractivity contribution in [3.05, 3.63) is 96.3 Å². The Labute approximate surface area is 230 Å². The summed E-state index contributed by atoms with van der Waals surface area (Å²) in [7, 11) is 3.88. The van der Waals surface area contributed by atoms with E-state index < -0.39 is 0 Å². The number of nitrogens with zero attached hydrogens (tertiary/aromatic N) is 5. The summed E-state index contributed by atoms with van der Waals surface area (Å²) in [6, 6.07) is 2.06. The van der Waals surface area contributed by atoms with Crippen LogP contribution in [0.3, 0.4) is 0 Å². The van der Waals surface area contributed by atoms with E-state index in [1.807, 2.05) is 17.7 Å². The molecule has 0 saturated heterocycles. The minimum atomic E-state index is -0.263. The highest BCUT2D eigenvalue weighted by molar-refractivity contribution is 5.73. The highest BCUT2D eigenvalue weighted by Gasteiger charge is 2.20. The van der Waals surface area contributed by atoms with Gasteiger partial charge in [-0.05, 0) is 88.6 Å². The van der Waals surface area contributed by atoms with E-state index in [-0.39, 0.29) is 11.7 Å². The van der Waals surface area contributed by atoms with Gasteiger partial charge in [0.1, 0.15) is 12.2 Å². The number of aliphatic imine (C=N–C) groups is 2. The van der Waals surface area contributed by atoms with Crippen LogP contribution in [-0.4, -0.2) is 54.4 Å². The van der Waals surface area contributed by atoms with Gasteiger partial charge in [0.15, 0.2) is 0 Å². The summed E-state index contributed by atoms with van der Waals surface area (Å²) in [5, 5.41) is 4.77. The van der Waals surface area contributed by atoms with E-state index in [0.717, 1.165) is 44.5 Å². The maximum atomic E-state index is 14.0. The Morgan fingerprint density at radius 1 is 1.32 bits per heavy atom. The van der Waals surface area contributed by atoms with Crippen molar-refractivity contribution in [2.75, 3.05) is 27.2 Å². The van der Waals surface area contributed by atoms with E-state index in [2.05, 4.69) is 66.3 Å². The van der Waals surface area contributed by atoms with Gasteiger partial charge in [-0.1, -0.05) is 56.9 Å². The molecule has 0 bridgehead atoms. The highest BCUT2D eigenvalue weighted by atomic mass is 19.1. The quantitative estimate of drug-likeness (QED) is 0.119. The van der Waals surface area contributed by atoms with E-state index in [9.17, 15) is 4.39 Å². The molecule has 1 rings (SSSR count). The summed E-state index contributed by atoms with van der Waals surface area (Å²) < 4.78 is 15.9. The number of aromatic nitrogens is 2. The van der Waals surface area contributed by atoms with Crippen molar-refractivity contribution in [2.45, 2.75) is 59.3 Å². The van der Waals surface area contributed by atoms with Crippen LogP contribution in [-0.2, 0) is 0 Å². The Morgan fingerprint density at radius 3 is 2.71 bits per heavy atom. The third kappa shape index (κ3) is 11.8. The predicted molar refractivity (Wildman–Crippen MR) is 165 cm³/mol.